The van der Waals surface area contributed by atoms with E-state index < -0.39 is 0 Å². The molecule has 2 aromatic carbocycles. The van der Waals surface area contributed by atoms with Gasteiger partial charge in [0.25, 0.3) is 0 Å². The van der Waals surface area contributed by atoms with Gasteiger partial charge in [0.1, 0.15) is 5.75 Å². The normalized spacial score (nSPS) is 10.4. The Balaban J connectivity index is 1.73. The van der Waals surface area contributed by atoms with Crippen molar-refractivity contribution in [2.75, 3.05) is 12.4 Å². The summed E-state index contributed by atoms with van der Waals surface area (Å²) in [6.45, 7) is 1.73. The number of para-hydroxylation sites is 1. The lowest BCUT2D eigenvalue weighted by Gasteiger charge is -2.09. The summed E-state index contributed by atoms with van der Waals surface area (Å²) in [6, 6.07) is 14.7. The maximum absolute atomic E-state index is 12.3. The van der Waals surface area contributed by atoms with Crippen LogP contribution in [0.4, 0.5) is 5.69 Å². The Morgan fingerprint density at radius 1 is 1.17 bits per heavy atom. The fourth-order valence-electron chi connectivity index (χ4n) is 2.37. The third-order valence-electron chi connectivity index (χ3n) is 3.46. The van der Waals surface area contributed by atoms with Gasteiger partial charge >= 0.3 is 0 Å². The van der Waals surface area contributed by atoms with Gasteiger partial charge in [0.15, 0.2) is 0 Å². The minimum atomic E-state index is -0.127. The topological polar surface area (TPSA) is 77.2 Å². The van der Waals surface area contributed by atoms with E-state index in [0.717, 1.165) is 11.1 Å². The maximum Gasteiger partial charge on any atom is 0.247 e. The molecule has 0 saturated heterocycles. The van der Waals surface area contributed by atoms with Crippen molar-refractivity contribution < 1.29 is 13.9 Å². The zero-order valence-electron chi connectivity index (χ0n) is 13.4. The van der Waals surface area contributed by atoms with Gasteiger partial charge in [-0.3, -0.25) is 4.79 Å². The van der Waals surface area contributed by atoms with Crippen LogP contribution < -0.4 is 10.1 Å². The average Bonchev–Trinajstić information content (AvgIpc) is 3.02. The molecule has 0 aliphatic rings. The summed E-state index contributed by atoms with van der Waals surface area (Å²) in [5.74, 6) is 1.49. The molecule has 0 radical (unpaired) electrons. The Morgan fingerprint density at radius 2 is 2.00 bits per heavy atom. The van der Waals surface area contributed by atoms with Gasteiger partial charge in [-0.05, 0) is 24.3 Å². The van der Waals surface area contributed by atoms with Crippen LogP contribution in [0.15, 0.2) is 52.9 Å². The molecule has 6 nitrogen and oxygen atoms in total. The summed E-state index contributed by atoms with van der Waals surface area (Å²) in [4.78, 5) is 12.3. The molecule has 0 aliphatic carbocycles. The first-order chi connectivity index (χ1) is 11.7. The molecule has 122 valence electrons. The predicted octanol–water partition coefficient (Wildman–Crippen LogP) is 3.23. The van der Waals surface area contributed by atoms with E-state index in [9.17, 15) is 4.79 Å². The number of anilines is 1. The first kappa shape index (κ1) is 15.7. The Hall–Kier alpha value is -3.15. The number of hydrogen-bond acceptors (Lipinski definition) is 5. The summed E-state index contributed by atoms with van der Waals surface area (Å²) >= 11 is 0. The summed E-state index contributed by atoms with van der Waals surface area (Å²) in [7, 11) is 1.59. The zero-order valence-corrected chi connectivity index (χ0v) is 13.4. The highest BCUT2D eigenvalue weighted by Crippen LogP contribution is 2.22. The molecular weight excluding hydrogens is 306 g/mol. The molecule has 6 heteroatoms. The zero-order chi connectivity index (χ0) is 16.9. The van der Waals surface area contributed by atoms with Crippen molar-refractivity contribution in [3.05, 3.63) is 60.0 Å². The standard InChI is InChI=1S/C18H17N3O3/c1-12-20-21-18(24-12)14-7-5-8-15(10-14)19-17(22)11-13-6-3-4-9-16(13)23-2/h3-10H,11H2,1-2H3,(H,19,22). The number of carbonyl (C=O) groups excluding carboxylic acids is 1. The molecule has 1 amide bonds. The Bertz CT molecular complexity index is 858. The number of methoxy groups -OCH3 is 1. The molecule has 1 aromatic heterocycles. The van der Waals surface area contributed by atoms with Crippen molar-refractivity contribution in [3.63, 3.8) is 0 Å². The smallest absolute Gasteiger partial charge is 0.247 e. The quantitative estimate of drug-likeness (QED) is 0.780. The van der Waals surface area contributed by atoms with E-state index >= 15 is 0 Å². The number of carbonyl (C=O) groups is 1. The lowest BCUT2D eigenvalue weighted by Crippen LogP contribution is -2.14. The van der Waals surface area contributed by atoms with Crippen molar-refractivity contribution in [1.82, 2.24) is 10.2 Å². The van der Waals surface area contributed by atoms with E-state index in [2.05, 4.69) is 15.5 Å². The Labute approximate surface area is 139 Å². The number of rotatable bonds is 5. The molecule has 1 heterocycles. The van der Waals surface area contributed by atoms with Crippen LogP contribution in [-0.2, 0) is 11.2 Å². The van der Waals surface area contributed by atoms with E-state index in [0.29, 0.717) is 23.2 Å². The minimum Gasteiger partial charge on any atom is -0.496 e. The lowest BCUT2D eigenvalue weighted by molar-refractivity contribution is -0.115. The summed E-state index contributed by atoms with van der Waals surface area (Å²) in [6.07, 6.45) is 0.230. The number of hydrogen-bond donors (Lipinski definition) is 1. The van der Waals surface area contributed by atoms with Gasteiger partial charge < -0.3 is 14.5 Å². The van der Waals surface area contributed by atoms with Gasteiger partial charge in [-0.1, -0.05) is 24.3 Å². The van der Waals surface area contributed by atoms with Crippen LogP contribution in [0.2, 0.25) is 0 Å². The van der Waals surface area contributed by atoms with Crippen molar-refractivity contribution in [1.29, 1.82) is 0 Å². The summed E-state index contributed by atoms with van der Waals surface area (Å²) in [5, 5.41) is 10.7. The van der Waals surface area contributed by atoms with E-state index in [1.807, 2.05) is 42.5 Å². The van der Waals surface area contributed by atoms with Crippen molar-refractivity contribution in [3.8, 4) is 17.2 Å². The number of nitrogens with zero attached hydrogens (tertiary/aromatic N) is 2. The van der Waals surface area contributed by atoms with Gasteiger partial charge in [-0.15, -0.1) is 10.2 Å². The van der Waals surface area contributed by atoms with Crippen LogP contribution in [0.5, 0.6) is 5.75 Å². The molecule has 1 N–H and O–H groups in total. The van der Waals surface area contributed by atoms with Gasteiger partial charge in [0, 0.05) is 23.7 Å². The first-order valence-corrected chi connectivity index (χ1v) is 7.48. The van der Waals surface area contributed by atoms with Crippen molar-refractivity contribution in [2.24, 2.45) is 0 Å². The van der Waals surface area contributed by atoms with E-state index in [-0.39, 0.29) is 12.3 Å². The predicted molar refractivity (Wildman–Crippen MR) is 89.8 cm³/mol. The highest BCUT2D eigenvalue weighted by molar-refractivity contribution is 5.93. The van der Waals surface area contributed by atoms with E-state index in [1.54, 1.807) is 20.1 Å². The number of aromatic nitrogens is 2. The van der Waals surface area contributed by atoms with Crippen molar-refractivity contribution in [2.45, 2.75) is 13.3 Å². The van der Waals surface area contributed by atoms with E-state index in [4.69, 9.17) is 9.15 Å². The molecule has 3 aromatic rings. The van der Waals surface area contributed by atoms with Gasteiger partial charge in [0.05, 0.1) is 13.5 Å². The third-order valence-corrected chi connectivity index (χ3v) is 3.46. The SMILES string of the molecule is COc1ccccc1CC(=O)Nc1cccc(-c2nnc(C)o2)c1. The van der Waals surface area contributed by atoms with Crippen LogP contribution in [0.3, 0.4) is 0 Å². The van der Waals surface area contributed by atoms with Gasteiger partial charge in [-0.2, -0.15) is 0 Å². The average molecular weight is 323 g/mol. The van der Waals surface area contributed by atoms with Crippen LogP contribution in [0.1, 0.15) is 11.5 Å². The molecular formula is C18H17N3O3. The number of aryl methyl sites for hydroxylation is 1. The molecule has 0 aliphatic heterocycles. The summed E-state index contributed by atoms with van der Waals surface area (Å²) in [5.41, 5.74) is 2.26. The molecule has 24 heavy (non-hydrogen) atoms. The van der Waals surface area contributed by atoms with Crippen molar-refractivity contribution >= 4 is 11.6 Å². The highest BCUT2D eigenvalue weighted by atomic mass is 16.5. The van der Waals surface area contributed by atoms with Crippen LogP contribution >= 0.6 is 0 Å². The van der Waals surface area contributed by atoms with E-state index in [1.165, 1.54) is 0 Å². The monoisotopic (exact) mass is 323 g/mol. The molecule has 0 unspecified atom stereocenters. The molecule has 0 spiro atoms. The highest BCUT2D eigenvalue weighted by Gasteiger charge is 2.10. The second-order valence-corrected chi connectivity index (χ2v) is 5.24. The summed E-state index contributed by atoms with van der Waals surface area (Å²) < 4.78 is 10.7. The number of amides is 1. The molecule has 0 atom stereocenters. The number of nitrogens with one attached hydrogen (secondary N) is 1. The largest absolute Gasteiger partial charge is 0.496 e. The second-order valence-electron chi connectivity index (χ2n) is 5.24. The fraction of sp³-hybridized carbons (Fsp3) is 0.167. The molecule has 0 fully saturated rings. The lowest BCUT2D eigenvalue weighted by atomic mass is 10.1. The Kier molecular flexibility index (Phi) is 4.56. The molecule has 0 saturated carbocycles. The van der Waals surface area contributed by atoms with Crippen LogP contribution in [-0.4, -0.2) is 23.2 Å². The maximum atomic E-state index is 12.3. The van der Waals surface area contributed by atoms with Gasteiger partial charge in [0.2, 0.25) is 17.7 Å². The second kappa shape index (κ2) is 6.95. The van der Waals surface area contributed by atoms with Gasteiger partial charge in [-0.25, -0.2) is 0 Å². The first-order valence-electron chi connectivity index (χ1n) is 7.48. The minimum absolute atomic E-state index is 0.127. The van der Waals surface area contributed by atoms with Crippen LogP contribution in [0, 0.1) is 6.92 Å². The fourth-order valence-corrected chi connectivity index (χ4v) is 2.37. The molecule has 3 rings (SSSR count). The third kappa shape index (κ3) is 3.60. The molecule has 0 bridgehead atoms. The Morgan fingerprint density at radius 3 is 2.75 bits per heavy atom. The number of ether oxygens (including phenoxy) is 1. The van der Waals surface area contributed by atoms with Crippen LogP contribution in [0.25, 0.3) is 11.5 Å². The number of benzene rings is 2.